The summed E-state index contributed by atoms with van der Waals surface area (Å²) in [5, 5.41) is 2.67. The van der Waals surface area contributed by atoms with E-state index in [2.05, 4.69) is 37.2 Å². The standard InChI is InChI=1S/C33H35N2O5.ClHO4/c1-6-34(7-2)21-15-17-25-27(19-21)39-31-26-18-16-22(35(8-3)9-4)20-28(26)40-33(37)30(31)29(25)23-13-11-12-14-24(23)32(36)38-10-5;2-1(3,4)5/h11-20H,6-10H2,1-5H3;(H,2,3,4,5)/q+1;/p-1. The summed E-state index contributed by atoms with van der Waals surface area (Å²) in [5.74, 6) is -0.450. The number of hydrogen-bond acceptors (Lipinski definition) is 10. The maximum absolute atomic E-state index is 13.8. The first kappa shape index (κ1) is 33.6. The van der Waals surface area contributed by atoms with Gasteiger partial charge >= 0.3 is 11.6 Å². The van der Waals surface area contributed by atoms with E-state index in [1.807, 2.05) is 48.5 Å². The Labute approximate surface area is 261 Å². The van der Waals surface area contributed by atoms with Crippen LogP contribution in [0.25, 0.3) is 44.0 Å². The topological polar surface area (TPSA) is 168 Å². The summed E-state index contributed by atoms with van der Waals surface area (Å²) in [6.45, 7) is 13.8. The molecule has 0 radical (unpaired) electrons. The number of anilines is 1. The Balaban J connectivity index is 0.000000854. The highest BCUT2D eigenvalue weighted by Gasteiger charge is 2.24. The van der Waals surface area contributed by atoms with Crippen molar-refractivity contribution in [3.8, 4) is 11.1 Å². The number of ether oxygens (including phenoxy) is 1. The van der Waals surface area contributed by atoms with Crippen LogP contribution in [0.5, 0.6) is 0 Å². The van der Waals surface area contributed by atoms with Crippen molar-refractivity contribution in [1.82, 2.24) is 4.58 Å². The van der Waals surface area contributed by atoms with Crippen molar-refractivity contribution in [2.24, 2.45) is 0 Å². The van der Waals surface area contributed by atoms with E-state index in [4.69, 9.17) is 32.2 Å². The summed E-state index contributed by atoms with van der Waals surface area (Å²) < 4.78 is 54.1. The molecule has 45 heavy (non-hydrogen) atoms. The van der Waals surface area contributed by atoms with E-state index in [-0.39, 0.29) is 6.61 Å². The van der Waals surface area contributed by atoms with E-state index >= 15 is 0 Å². The van der Waals surface area contributed by atoms with Gasteiger partial charge in [0, 0.05) is 41.9 Å². The van der Waals surface area contributed by atoms with Gasteiger partial charge < -0.3 is 18.5 Å². The second-order valence-electron chi connectivity index (χ2n) is 9.92. The molecule has 2 aromatic heterocycles. The average molecular weight is 639 g/mol. The van der Waals surface area contributed by atoms with Gasteiger partial charge in [0.15, 0.2) is 5.58 Å². The lowest BCUT2D eigenvalue weighted by Gasteiger charge is -2.22. The lowest BCUT2D eigenvalue weighted by molar-refractivity contribution is -2.00. The number of esters is 1. The minimum atomic E-state index is -4.94. The molecule has 0 N–H and O–H groups in total. The van der Waals surface area contributed by atoms with Crippen LogP contribution in [-0.2, 0) is 4.74 Å². The molecule has 238 valence electrons. The van der Waals surface area contributed by atoms with Crippen molar-refractivity contribution >= 4 is 44.6 Å². The Hall–Kier alpha value is -4.26. The van der Waals surface area contributed by atoms with Gasteiger partial charge in [0.25, 0.3) is 0 Å². The molecule has 0 fully saturated rings. The Morgan fingerprint density at radius 2 is 1.47 bits per heavy atom. The predicted molar refractivity (Wildman–Crippen MR) is 161 cm³/mol. The van der Waals surface area contributed by atoms with Crippen LogP contribution in [0.15, 0.2) is 74.3 Å². The van der Waals surface area contributed by atoms with Crippen molar-refractivity contribution in [2.75, 3.05) is 37.7 Å². The zero-order valence-electron chi connectivity index (χ0n) is 25.8. The molecule has 0 bridgehead atoms. The number of fused-ring (bicyclic) bond motifs is 4. The van der Waals surface area contributed by atoms with Crippen molar-refractivity contribution in [1.29, 1.82) is 0 Å². The maximum atomic E-state index is 13.8. The average Bonchev–Trinajstić information content (AvgIpc) is 3.00. The minimum absolute atomic E-state index is 0.244. The predicted octanol–water partition coefficient (Wildman–Crippen LogP) is 1.44. The largest absolute Gasteiger partial charge is 0.462 e. The Bertz CT molecular complexity index is 1960. The molecule has 0 saturated heterocycles. The highest BCUT2D eigenvalue weighted by molar-refractivity contribution is 6.16. The van der Waals surface area contributed by atoms with Crippen LogP contribution < -0.4 is 39.1 Å². The van der Waals surface area contributed by atoms with Gasteiger partial charge in [0.05, 0.1) is 23.6 Å². The van der Waals surface area contributed by atoms with Gasteiger partial charge in [0.1, 0.15) is 29.6 Å². The zero-order chi connectivity index (χ0) is 32.9. The van der Waals surface area contributed by atoms with Crippen LogP contribution in [0, 0.1) is 10.2 Å². The number of hydrogen-bond donors (Lipinski definition) is 0. The van der Waals surface area contributed by atoms with Crippen LogP contribution in [0.4, 0.5) is 5.69 Å². The molecule has 0 aliphatic rings. The van der Waals surface area contributed by atoms with Gasteiger partial charge in [-0.05, 0) is 64.4 Å². The number of carbonyl (C=O) groups excluding carboxylic acids is 1. The van der Waals surface area contributed by atoms with Gasteiger partial charge in [-0.2, -0.15) is 0 Å². The van der Waals surface area contributed by atoms with Crippen LogP contribution in [-0.4, -0.2) is 38.8 Å². The van der Waals surface area contributed by atoms with Gasteiger partial charge in [-0.3, -0.25) is 0 Å². The first-order chi connectivity index (χ1) is 21.4. The molecule has 0 aliphatic carbocycles. The van der Waals surface area contributed by atoms with Crippen LogP contribution in [0.1, 0.15) is 45.0 Å². The second-order valence-corrected chi connectivity index (χ2v) is 10.7. The third-order valence-electron chi connectivity index (χ3n) is 7.49. The summed E-state index contributed by atoms with van der Waals surface area (Å²) in [6, 6.07) is 19.0. The lowest BCUT2D eigenvalue weighted by Crippen LogP contribution is -2.68. The van der Waals surface area contributed by atoms with Gasteiger partial charge in [-0.1, -0.05) is 18.2 Å². The fourth-order valence-corrected chi connectivity index (χ4v) is 5.47. The van der Waals surface area contributed by atoms with Crippen LogP contribution >= 0.6 is 0 Å². The molecular weight excluding hydrogens is 604 g/mol. The van der Waals surface area contributed by atoms with E-state index in [9.17, 15) is 9.59 Å². The Morgan fingerprint density at radius 3 is 2.09 bits per heavy atom. The summed E-state index contributed by atoms with van der Waals surface area (Å²) in [6.07, 6.45) is 0. The monoisotopic (exact) mass is 638 g/mol. The number of benzene rings is 3. The van der Waals surface area contributed by atoms with Crippen molar-refractivity contribution in [3.05, 3.63) is 82.0 Å². The normalized spacial score (nSPS) is 11.4. The highest BCUT2D eigenvalue weighted by atomic mass is 35.7. The lowest BCUT2D eigenvalue weighted by atomic mass is 9.93. The third kappa shape index (κ3) is 7.35. The molecule has 0 aliphatic heterocycles. The minimum Gasteiger partial charge on any atom is -0.462 e. The smallest absolute Gasteiger partial charge is 0.348 e. The van der Waals surface area contributed by atoms with Crippen LogP contribution in [0.3, 0.4) is 0 Å². The molecule has 0 spiro atoms. The summed E-state index contributed by atoms with van der Waals surface area (Å²) >= 11 is 0. The van der Waals surface area contributed by atoms with Crippen LogP contribution in [0.2, 0.25) is 0 Å². The molecule has 3 aromatic carbocycles. The molecule has 0 saturated carbocycles. The van der Waals surface area contributed by atoms with E-state index in [0.29, 0.717) is 49.6 Å². The Kier molecular flexibility index (Phi) is 10.6. The van der Waals surface area contributed by atoms with Crippen molar-refractivity contribution < 1.29 is 47.2 Å². The first-order valence-corrected chi connectivity index (χ1v) is 15.9. The van der Waals surface area contributed by atoms with E-state index in [1.54, 1.807) is 19.1 Å². The molecule has 0 atom stereocenters. The molecular formula is C33H35ClN2O9. The van der Waals surface area contributed by atoms with Crippen molar-refractivity contribution in [2.45, 2.75) is 34.6 Å². The fourth-order valence-electron chi connectivity index (χ4n) is 5.47. The molecule has 0 unspecified atom stereocenters. The van der Waals surface area contributed by atoms with Gasteiger partial charge in [-0.25, -0.2) is 32.8 Å². The van der Waals surface area contributed by atoms with E-state index in [1.165, 1.54) is 0 Å². The number of halogens is 1. The zero-order valence-corrected chi connectivity index (χ0v) is 26.5. The quantitative estimate of drug-likeness (QED) is 0.0797. The molecule has 0 amide bonds. The molecule has 2 heterocycles. The highest BCUT2D eigenvalue weighted by Crippen LogP contribution is 2.40. The van der Waals surface area contributed by atoms with E-state index in [0.717, 1.165) is 37.2 Å². The number of nitrogens with zero attached hydrogens (tertiary/aromatic N) is 2. The first-order valence-electron chi connectivity index (χ1n) is 14.6. The second kappa shape index (κ2) is 14.2. The van der Waals surface area contributed by atoms with Crippen molar-refractivity contribution in [3.63, 3.8) is 0 Å². The van der Waals surface area contributed by atoms with Gasteiger partial charge in [-0.15, -0.1) is 10.2 Å². The molecule has 5 aromatic rings. The maximum Gasteiger partial charge on any atom is 0.348 e. The SMILES string of the molecule is CCOC(=O)c1ccccc1-c1c2ccc(N(CC)CC)cc2oc2c1c(=O)oc1cc(=[N+](CC)CC)ccc12.[O-][Cl+3]([O-])([O-])[O-]. The third-order valence-corrected chi connectivity index (χ3v) is 7.49. The summed E-state index contributed by atoms with van der Waals surface area (Å²) in [7, 11) is -4.94. The number of carbonyl (C=O) groups is 1. The molecule has 12 heteroatoms. The molecule has 5 rings (SSSR count). The Morgan fingerprint density at radius 1 is 0.844 bits per heavy atom. The fraction of sp³-hybridized carbons (Fsp3) is 0.303. The van der Waals surface area contributed by atoms with E-state index < -0.39 is 21.8 Å². The van der Waals surface area contributed by atoms with Gasteiger partial charge in [0.2, 0.25) is 5.36 Å². The summed E-state index contributed by atoms with van der Waals surface area (Å²) in [5.41, 5.74) is 3.55. The molecule has 11 nitrogen and oxygen atoms in total. The number of rotatable bonds is 8. The summed E-state index contributed by atoms with van der Waals surface area (Å²) in [4.78, 5) is 29.0.